The largest absolute Gasteiger partial charge is 0.369 e. The Kier molecular flexibility index (Phi) is 2.41. The van der Waals surface area contributed by atoms with Crippen molar-refractivity contribution in [2.75, 3.05) is 5.73 Å². The lowest BCUT2D eigenvalue weighted by Gasteiger charge is -2.06. The summed E-state index contributed by atoms with van der Waals surface area (Å²) in [6.45, 7) is 0.658. The van der Waals surface area contributed by atoms with E-state index in [1.54, 1.807) is 6.20 Å². The highest BCUT2D eigenvalue weighted by atomic mass is 35.5. The third kappa shape index (κ3) is 1.72. The van der Waals surface area contributed by atoms with Crippen LogP contribution in [0.15, 0.2) is 36.7 Å². The fraction of sp³-hybridized carbons (Fsp3) is 0.100. The number of rotatable bonds is 2. The van der Waals surface area contributed by atoms with E-state index in [9.17, 15) is 0 Å². The van der Waals surface area contributed by atoms with Gasteiger partial charge in [-0.05, 0) is 11.6 Å². The molecule has 0 spiro atoms. The highest BCUT2D eigenvalue weighted by Gasteiger charge is 2.02. The van der Waals surface area contributed by atoms with Crippen molar-refractivity contribution in [2.45, 2.75) is 6.54 Å². The number of hydrogen-bond acceptors (Lipinski definition) is 2. The minimum atomic E-state index is 0.505. The number of aromatic nitrogens is 2. The molecular formula is C10H10ClN3. The fourth-order valence-corrected chi connectivity index (χ4v) is 1.48. The average molecular weight is 208 g/mol. The van der Waals surface area contributed by atoms with Crippen LogP contribution in [-0.2, 0) is 6.54 Å². The van der Waals surface area contributed by atoms with E-state index in [-0.39, 0.29) is 0 Å². The van der Waals surface area contributed by atoms with Gasteiger partial charge in [0, 0.05) is 17.4 Å². The van der Waals surface area contributed by atoms with Crippen molar-refractivity contribution in [1.82, 2.24) is 9.55 Å². The van der Waals surface area contributed by atoms with E-state index in [4.69, 9.17) is 17.3 Å². The van der Waals surface area contributed by atoms with E-state index in [0.29, 0.717) is 12.5 Å². The van der Waals surface area contributed by atoms with E-state index >= 15 is 0 Å². The Morgan fingerprint density at radius 1 is 1.36 bits per heavy atom. The maximum Gasteiger partial charge on any atom is 0.200 e. The van der Waals surface area contributed by atoms with Crippen LogP contribution in [0.5, 0.6) is 0 Å². The summed E-state index contributed by atoms with van der Waals surface area (Å²) in [5, 5.41) is 0.751. The molecule has 2 rings (SSSR count). The molecule has 0 unspecified atom stereocenters. The SMILES string of the molecule is Nc1nccn1Cc1ccccc1Cl. The number of nitrogens with two attached hydrogens (primary N) is 1. The fourth-order valence-electron chi connectivity index (χ4n) is 1.28. The van der Waals surface area contributed by atoms with Gasteiger partial charge < -0.3 is 10.3 Å². The Balaban J connectivity index is 2.28. The van der Waals surface area contributed by atoms with Crippen molar-refractivity contribution in [3.05, 3.63) is 47.2 Å². The molecule has 1 aromatic carbocycles. The topological polar surface area (TPSA) is 43.8 Å². The zero-order valence-electron chi connectivity index (χ0n) is 7.52. The third-order valence-electron chi connectivity index (χ3n) is 2.05. The van der Waals surface area contributed by atoms with Crippen LogP contribution in [0.2, 0.25) is 5.02 Å². The molecule has 2 aromatic rings. The van der Waals surface area contributed by atoms with Crippen molar-refractivity contribution in [2.24, 2.45) is 0 Å². The Morgan fingerprint density at radius 3 is 2.79 bits per heavy atom. The minimum Gasteiger partial charge on any atom is -0.369 e. The van der Waals surface area contributed by atoms with E-state index in [2.05, 4.69) is 4.98 Å². The predicted molar refractivity (Wildman–Crippen MR) is 57.2 cm³/mol. The first-order chi connectivity index (χ1) is 6.77. The zero-order chi connectivity index (χ0) is 9.97. The molecule has 72 valence electrons. The lowest BCUT2D eigenvalue weighted by molar-refractivity contribution is 0.811. The van der Waals surface area contributed by atoms with Crippen LogP contribution >= 0.6 is 11.6 Å². The number of halogens is 1. The van der Waals surface area contributed by atoms with E-state index in [0.717, 1.165) is 10.6 Å². The molecule has 2 N–H and O–H groups in total. The summed E-state index contributed by atoms with van der Waals surface area (Å²) < 4.78 is 1.85. The highest BCUT2D eigenvalue weighted by Crippen LogP contribution is 2.16. The molecule has 0 atom stereocenters. The van der Waals surface area contributed by atoms with Gasteiger partial charge in [-0.1, -0.05) is 29.8 Å². The summed E-state index contributed by atoms with van der Waals surface area (Å²) in [6.07, 6.45) is 3.50. The zero-order valence-corrected chi connectivity index (χ0v) is 8.28. The second-order valence-corrected chi connectivity index (χ2v) is 3.41. The molecule has 0 aliphatic carbocycles. The Morgan fingerprint density at radius 2 is 2.14 bits per heavy atom. The van der Waals surface area contributed by atoms with Gasteiger partial charge in [-0.3, -0.25) is 0 Å². The molecule has 0 bridgehead atoms. The molecule has 14 heavy (non-hydrogen) atoms. The maximum absolute atomic E-state index is 6.02. The van der Waals surface area contributed by atoms with E-state index in [1.165, 1.54) is 0 Å². The van der Waals surface area contributed by atoms with Crippen LogP contribution in [0, 0.1) is 0 Å². The maximum atomic E-state index is 6.02. The van der Waals surface area contributed by atoms with Crippen molar-refractivity contribution in [3.63, 3.8) is 0 Å². The first kappa shape index (κ1) is 9.09. The van der Waals surface area contributed by atoms with E-state index in [1.807, 2.05) is 35.0 Å². The number of nitrogen functional groups attached to an aromatic ring is 1. The highest BCUT2D eigenvalue weighted by molar-refractivity contribution is 6.31. The molecule has 0 saturated carbocycles. The van der Waals surface area contributed by atoms with Gasteiger partial charge in [0.15, 0.2) is 5.95 Å². The molecule has 0 aliphatic heterocycles. The third-order valence-corrected chi connectivity index (χ3v) is 2.41. The molecule has 0 saturated heterocycles. The van der Waals surface area contributed by atoms with Crippen LogP contribution in [0.3, 0.4) is 0 Å². The van der Waals surface area contributed by atoms with E-state index < -0.39 is 0 Å². The Bertz CT molecular complexity index is 436. The number of nitrogens with zero attached hydrogens (tertiary/aromatic N) is 2. The second kappa shape index (κ2) is 3.72. The molecule has 0 amide bonds. The number of anilines is 1. The second-order valence-electron chi connectivity index (χ2n) is 3.00. The lowest BCUT2D eigenvalue weighted by atomic mass is 10.2. The van der Waals surface area contributed by atoms with Crippen molar-refractivity contribution in [1.29, 1.82) is 0 Å². The van der Waals surface area contributed by atoms with Crippen LogP contribution in [0.1, 0.15) is 5.56 Å². The summed E-state index contributed by atoms with van der Waals surface area (Å²) in [4.78, 5) is 3.94. The summed E-state index contributed by atoms with van der Waals surface area (Å²) in [5.74, 6) is 0.505. The quantitative estimate of drug-likeness (QED) is 0.820. The van der Waals surface area contributed by atoms with Gasteiger partial charge in [0.05, 0.1) is 6.54 Å². The number of hydrogen-bond donors (Lipinski definition) is 1. The normalized spacial score (nSPS) is 10.4. The lowest BCUT2D eigenvalue weighted by Crippen LogP contribution is -2.03. The smallest absolute Gasteiger partial charge is 0.200 e. The van der Waals surface area contributed by atoms with Crippen molar-refractivity contribution >= 4 is 17.5 Å². The number of imidazole rings is 1. The number of benzene rings is 1. The van der Waals surface area contributed by atoms with Gasteiger partial charge >= 0.3 is 0 Å². The molecule has 0 fully saturated rings. The van der Waals surface area contributed by atoms with Gasteiger partial charge in [0.25, 0.3) is 0 Å². The van der Waals surface area contributed by atoms with Crippen molar-refractivity contribution in [3.8, 4) is 0 Å². The summed E-state index contributed by atoms with van der Waals surface area (Å²) in [7, 11) is 0. The summed E-state index contributed by atoms with van der Waals surface area (Å²) >= 11 is 6.02. The molecular weight excluding hydrogens is 198 g/mol. The van der Waals surface area contributed by atoms with Gasteiger partial charge in [0.1, 0.15) is 0 Å². The van der Waals surface area contributed by atoms with Crippen LogP contribution in [-0.4, -0.2) is 9.55 Å². The molecule has 0 radical (unpaired) electrons. The molecule has 4 heteroatoms. The van der Waals surface area contributed by atoms with Crippen LogP contribution < -0.4 is 5.73 Å². The summed E-state index contributed by atoms with van der Waals surface area (Å²) in [6, 6.07) is 7.70. The Labute approximate surface area is 87.1 Å². The van der Waals surface area contributed by atoms with Gasteiger partial charge in [-0.25, -0.2) is 4.98 Å². The minimum absolute atomic E-state index is 0.505. The van der Waals surface area contributed by atoms with Crippen LogP contribution in [0.4, 0.5) is 5.95 Å². The first-order valence-corrected chi connectivity index (χ1v) is 4.65. The van der Waals surface area contributed by atoms with Crippen molar-refractivity contribution < 1.29 is 0 Å². The summed E-state index contributed by atoms with van der Waals surface area (Å²) in [5.41, 5.74) is 6.69. The van der Waals surface area contributed by atoms with Gasteiger partial charge in [0.2, 0.25) is 0 Å². The monoisotopic (exact) mass is 207 g/mol. The molecule has 1 heterocycles. The van der Waals surface area contributed by atoms with Crippen LogP contribution in [0.25, 0.3) is 0 Å². The average Bonchev–Trinajstić information content (AvgIpc) is 2.56. The standard InChI is InChI=1S/C10H10ClN3/c11-9-4-2-1-3-8(9)7-14-6-5-13-10(14)12/h1-6H,7H2,(H2,12,13). The molecule has 0 aliphatic rings. The first-order valence-electron chi connectivity index (χ1n) is 4.27. The predicted octanol–water partition coefficient (Wildman–Crippen LogP) is 2.17. The van der Waals surface area contributed by atoms with Gasteiger partial charge in [-0.2, -0.15) is 0 Å². The van der Waals surface area contributed by atoms with Gasteiger partial charge in [-0.15, -0.1) is 0 Å². The Hall–Kier alpha value is -1.48. The molecule has 1 aromatic heterocycles. The molecule has 3 nitrogen and oxygen atoms in total.